The predicted molar refractivity (Wildman–Crippen MR) is 64.0 cm³/mol. The third-order valence-corrected chi connectivity index (χ3v) is 3.87. The summed E-state index contributed by atoms with van der Waals surface area (Å²) in [6.07, 6.45) is 4.96. The van der Waals surface area contributed by atoms with Gasteiger partial charge in [0.2, 0.25) is 0 Å². The molecular weight excluding hydrogens is 206 g/mol. The van der Waals surface area contributed by atoms with Gasteiger partial charge in [-0.2, -0.15) is 0 Å². The summed E-state index contributed by atoms with van der Waals surface area (Å²) in [7, 11) is 0. The van der Waals surface area contributed by atoms with Crippen LogP contribution in [0, 0.1) is 5.92 Å². The molecule has 1 aliphatic rings. The van der Waals surface area contributed by atoms with Gasteiger partial charge in [-0.15, -0.1) is 11.3 Å². The molecule has 1 saturated carbocycles. The first-order chi connectivity index (χ1) is 7.40. The number of hydrogen-bond donors (Lipinski definition) is 2. The Morgan fingerprint density at radius 1 is 1.53 bits per heavy atom. The number of nitrogens with one attached hydrogen (secondary N) is 1. The van der Waals surface area contributed by atoms with Gasteiger partial charge in [-0.05, 0) is 25.3 Å². The average molecular weight is 225 g/mol. The van der Waals surface area contributed by atoms with Gasteiger partial charge in [-0.1, -0.05) is 6.42 Å². The highest BCUT2D eigenvalue weighted by Gasteiger charge is 2.24. The first-order valence-corrected chi connectivity index (χ1v) is 6.65. The van der Waals surface area contributed by atoms with Gasteiger partial charge >= 0.3 is 0 Å². The van der Waals surface area contributed by atoms with E-state index in [-0.39, 0.29) is 0 Å². The van der Waals surface area contributed by atoms with E-state index in [0.29, 0.717) is 12.0 Å². The van der Waals surface area contributed by atoms with Crippen LogP contribution in [0.2, 0.25) is 0 Å². The number of rotatable bonds is 5. The molecule has 0 aliphatic heterocycles. The van der Waals surface area contributed by atoms with Crippen LogP contribution in [0.3, 0.4) is 0 Å². The zero-order chi connectivity index (χ0) is 10.5. The second-order valence-corrected chi connectivity index (χ2v) is 4.94. The van der Waals surface area contributed by atoms with Crippen molar-refractivity contribution in [3.63, 3.8) is 0 Å². The predicted octanol–water partition coefficient (Wildman–Crippen LogP) is 1.40. The van der Waals surface area contributed by atoms with Crippen LogP contribution >= 0.6 is 11.3 Å². The maximum absolute atomic E-state index is 5.74. The Hall–Kier alpha value is -0.450. The maximum Gasteiger partial charge on any atom is 0.0794 e. The van der Waals surface area contributed by atoms with Gasteiger partial charge in [-0.25, -0.2) is 4.98 Å². The van der Waals surface area contributed by atoms with Crippen LogP contribution in [-0.2, 0) is 6.42 Å². The van der Waals surface area contributed by atoms with Crippen LogP contribution in [0.25, 0.3) is 0 Å². The number of thiazole rings is 1. The molecule has 0 spiro atoms. The van der Waals surface area contributed by atoms with Crippen molar-refractivity contribution in [3.05, 3.63) is 16.6 Å². The fourth-order valence-electron chi connectivity index (χ4n) is 2.33. The molecule has 0 aromatic carbocycles. The summed E-state index contributed by atoms with van der Waals surface area (Å²) in [6.45, 7) is 1.86. The Balaban J connectivity index is 1.69. The second-order valence-electron chi connectivity index (χ2n) is 4.22. The van der Waals surface area contributed by atoms with Crippen LogP contribution in [0.15, 0.2) is 10.9 Å². The van der Waals surface area contributed by atoms with Gasteiger partial charge in [0, 0.05) is 24.4 Å². The normalized spacial score (nSPS) is 25.9. The summed E-state index contributed by atoms with van der Waals surface area (Å²) >= 11 is 1.67. The Labute approximate surface area is 95.1 Å². The van der Waals surface area contributed by atoms with Gasteiger partial charge in [-0.3, -0.25) is 0 Å². The zero-order valence-electron chi connectivity index (χ0n) is 8.98. The minimum atomic E-state index is 0.647. The zero-order valence-corrected chi connectivity index (χ0v) is 9.80. The van der Waals surface area contributed by atoms with Gasteiger partial charge < -0.3 is 11.1 Å². The Morgan fingerprint density at radius 3 is 3.20 bits per heavy atom. The molecule has 2 unspecified atom stereocenters. The van der Waals surface area contributed by atoms with E-state index in [9.17, 15) is 0 Å². The van der Waals surface area contributed by atoms with Crippen molar-refractivity contribution in [2.75, 3.05) is 13.1 Å². The fraction of sp³-hybridized carbons (Fsp3) is 0.727. The van der Waals surface area contributed by atoms with E-state index >= 15 is 0 Å². The molecule has 3 nitrogen and oxygen atoms in total. The molecule has 0 saturated heterocycles. The van der Waals surface area contributed by atoms with Crippen molar-refractivity contribution < 1.29 is 0 Å². The summed E-state index contributed by atoms with van der Waals surface area (Å²) in [6, 6.07) is 0.647. The van der Waals surface area contributed by atoms with E-state index in [0.717, 1.165) is 19.5 Å². The van der Waals surface area contributed by atoms with Crippen molar-refractivity contribution in [1.82, 2.24) is 10.3 Å². The highest BCUT2D eigenvalue weighted by molar-refractivity contribution is 7.07. The molecule has 1 fully saturated rings. The van der Waals surface area contributed by atoms with Crippen LogP contribution in [0.4, 0.5) is 0 Å². The first kappa shape index (κ1) is 11.0. The highest BCUT2D eigenvalue weighted by atomic mass is 32.1. The van der Waals surface area contributed by atoms with E-state index in [1.54, 1.807) is 11.3 Å². The lowest BCUT2D eigenvalue weighted by Crippen LogP contribution is -2.37. The lowest BCUT2D eigenvalue weighted by atomic mass is 10.0. The second kappa shape index (κ2) is 5.58. The molecule has 2 atom stereocenters. The average Bonchev–Trinajstić information content (AvgIpc) is 2.88. The Morgan fingerprint density at radius 2 is 2.47 bits per heavy atom. The lowest BCUT2D eigenvalue weighted by molar-refractivity contribution is 0.409. The van der Waals surface area contributed by atoms with Gasteiger partial charge in [0.1, 0.15) is 0 Å². The molecule has 4 heteroatoms. The molecule has 0 amide bonds. The SMILES string of the molecule is NCC1CCCC1NCCc1cscn1. The summed E-state index contributed by atoms with van der Waals surface area (Å²) in [5.41, 5.74) is 8.84. The maximum atomic E-state index is 5.74. The van der Waals surface area contributed by atoms with E-state index in [1.807, 2.05) is 5.51 Å². The molecule has 1 aliphatic carbocycles. The number of nitrogens with zero attached hydrogens (tertiary/aromatic N) is 1. The summed E-state index contributed by atoms with van der Waals surface area (Å²) in [4.78, 5) is 4.27. The standard InChI is InChI=1S/C11H19N3S/c12-6-9-2-1-3-11(9)13-5-4-10-7-15-8-14-10/h7-9,11,13H,1-6,12H2. The molecule has 0 radical (unpaired) electrons. The van der Waals surface area contributed by atoms with Crippen molar-refractivity contribution in [1.29, 1.82) is 0 Å². The minimum Gasteiger partial charge on any atom is -0.330 e. The summed E-state index contributed by atoms with van der Waals surface area (Å²) < 4.78 is 0. The minimum absolute atomic E-state index is 0.647. The topological polar surface area (TPSA) is 50.9 Å². The van der Waals surface area contributed by atoms with Crippen molar-refractivity contribution in [2.45, 2.75) is 31.7 Å². The van der Waals surface area contributed by atoms with Crippen LogP contribution in [0.5, 0.6) is 0 Å². The monoisotopic (exact) mass is 225 g/mol. The van der Waals surface area contributed by atoms with Crippen LogP contribution in [-0.4, -0.2) is 24.1 Å². The number of aromatic nitrogens is 1. The van der Waals surface area contributed by atoms with Crippen LogP contribution in [0.1, 0.15) is 25.0 Å². The molecule has 2 rings (SSSR count). The molecular formula is C11H19N3S. The van der Waals surface area contributed by atoms with Gasteiger partial charge in [0.15, 0.2) is 0 Å². The van der Waals surface area contributed by atoms with Gasteiger partial charge in [0.05, 0.1) is 11.2 Å². The Bertz CT molecular complexity index is 273. The summed E-state index contributed by atoms with van der Waals surface area (Å²) in [5.74, 6) is 0.695. The quantitative estimate of drug-likeness (QED) is 0.796. The number of nitrogens with two attached hydrogens (primary N) is 1. The van der Waals surface area contributed by atoms with Gasteiger partial charge in [0.25, 0.3) is 0 Å². The highest BCUT2D eigenvalue weighted by Crippen LogP contribution is 2.24. The first-order valence-electron chi connectivity index (χ1n) is 5.70. The van der Waals surface area contributed by atoms with E-state index in [4.69, 9.17) is 5.73 Å². The largest absolute Gasteiger partial charge is 0.330 e. The smallest absolute Gasteiger partial charge is 0.0794 e. The molecule has 3 N–H and O–H groups in total. The number of hydrogen-bond acceptors (Lipinski definition) is 4. The van der Waals surface area contributed by atoms with Crippen molar-refractivity contribution in [3.8, 4) is 0 Å². The Kier molecular flexibility index (Phi) is 4.11. The molecule has 0 bridgehead atoms. The lowest BCUT2D eigenvalue weighted by Gasteiger charge is -2.19. The van der Waals surface area contributed by atoms with Crippen molar-refractivity contribution >= 4 is 11.3 Å². The van der Waals surface area contributed by atoms with E-state index in [2.05, 4.69) is 15.7 Å². The third kappa shape index (κ3) is 3.00. The third-order valence-electron chi connectivity index (χ3n) is 3.23. The van der Waals surface area contributed by atoms with Crippen LogP contribution < -0.4 is 11.1 Å². The summed E-state index contributed by atoms with van der Waals surface area (Å²) in [5, 5.41) is 5.73. The fourth-order valence-corrected chi connectivity index (χ4v) is 2.93. The van der Waals surface area contributed by atoms with Crippen molar-refractivity contribution in [2.24, 2.45) is 11.7 Å². The molecule has 1 aromatic rings. The molecule has 1 aromatic heterocycles. The van der Waals surface area contributed by atoms with E-state index < -0.39 is 0 Å². The van der Waals surface area contributed by atoms with E-state index in [1.165, 1.54) is 25.0 Å². The molecule has 15 heavy (non-hydrogen) atoms. The molecule has 1 heterocycles. The molecule has 84 valence electrons.